The zero-order chi connectivity index (χ0) is 11.4. The van der Waals surface area contributed by atoms with E-state index in [4.69, 9.17) is 0 Å². The molecule has 0 amide bonds. The quantitative estimate of drug-likeness (QED) is 0.792. The van der Waals surface area contributed by atoms with Gasteiger partial charge in [-0.3, -0.25) is 0 Å². The van der Waals surface area contributed by atoms with Crippen molar-refractivity contribution in [1.29, 1.82) is 0 Å². The largest absolute Gasteiger partial charge is 0.317 e. The molecule has 1 saturated carbocycles. The van der Waals surface area contributed by atoms with Crippen LogP contribution in [0.4, 0.5) is 0 Å². The number of nitrogens with zero attached hydrogens (tertiary/aromatic N) is 1. The summed E-state index contributed by atoms with van der Waals surface area (Å²) in [5.41, 5.74) is 0. The fourth-order valence-electron chi connectivity index (χ4n) is 3.53. The third kappa shape index (κ3) is 3.46. The van der Waals surface area contributed by atoms with Gasteiger partial charge in [0.25, 0.3) is 0 Å². The van der Waals surface area contributed by atoms with Gasteiger partial charge in [-0.05, 0) is 57.7 Å². The topological polar surface area (TPSA) is 15.3 Å². The Morgan fingerprint density at radius 2 is 1.88 bits per heavy atom. The van der Waals surface area contributed by atoms with E-state index in [1.54, 1.807) is 0 Å². The Hall–Kier alpha value is -0.0800. The molecule has 0 aromatic heterocycles. The van der Waals surface area contributed by atoms with Crippen molar-refractivity contribution in [1.82, 2.24) is 10.2 Å². The fourth-order valence-corrected chi connectivity index (χ4v) is 3.53. The van der Waals surface area contributed by atoms with Crippen LogP contribution in [0.25, 0.3) is 0 Å². The average Bonchev–Trinajstić information content (AvgIpc) is 2.30. The molecule has 2 fully saturated rings. The molecule has 2 heteroatoms. The van der Waals surface area contributed by atoms with E-state index >= 15 is 0 Å². The van der Waals surface area contributed by atoms with Crippen molar-refractivity contribution in [2.75, 3.05) is 26.7 Å². The number of hydrogen-bond donors (Lipinski definition) is 1. The highest BCUT2D eigenvalue weighted by Gasteiger charge is 2.23. The van der Waals surface area contributed by atoms with E-state index in [0.717, 1.165) is 17.9 Å². The number of piperidine rings is 1. The molecule has 1 N–H and O–H groups in total. The molecule has 2 nitrogen and oxygen atoms in total. The highest BCUT2D eigenvalue weighted by Crippen LogP contribution is 2.29. The Kier molecular flexibility index (Phi) is 4.66. The van der Waals surface area contributed by atoms with Gasteiger partial charge in [-0.1, -0.05) is 19.8 Å². The Bertz CT molecular complexity index is 199. The summed E-state index contributed by atoms with van der Waals surface area (Å²) in [6.07, 6.45) is 8.56. The summed E-state index contributed by atoms with van der Waals surface area (Å²) >= 11 is 0. The van der Waals surface area contributed by atoms with Gasteiger partial charge in [-0.15, -0.1) is 0 Å². The minimum atomic E-state index is 0.846. The third-order valence-electron chi connectivity index (χ3n) is 4.52. The Labute approximate surface area is 101 Å². The number of rotatable bonds is 3. The molecule has 2 unspecified atom stereocenters. The van der Waals surface area contributed by atoms with Crippen molar-refractivity contribution >= 4 is 0 Å². The van der Waals surface area contributed by atoms with Crippen LogP contribution in [0, 0.1) is 11.8 Å². The second kappa shape index (κ2) is 6.02. The van der Waals surface area contributed by atoms with Crippen molar-refractivity contribution in [3.05, 3.63) is 0 Å². The molecule has 1 aliphatic heterocycles. The Balaban J connectivity index is 1.74. The van der Waals surface area contributed by atoms with Crippen LogP contribution < -0.4 is 5.32 Å². The van der Waals surface area contributed by atoms with Crippen molar-refractivity contribution in [2.24, 2.45) is 11.8 Å². The van der Waals surface area contributed by atoms with Crippen molar-refractivity contribution in [2.45, 2.75) is 51.5 Å². The molecule has 2 rings (SSSR count). The molecular weight excluding hydrogens is 196 g/mol. The van der Waals surface area contributed by atoms with Gasteiger partial charge < -0.3 is 10.2 Å². The normalized spacial score (nSPS) is 33.2. The van der Waals surface area contributed by atoms with E-state index in [1.807, 2.05) is 0 Å². The number of hydrogen-bond acceptors (Lipinski definition) is 2. The van der Waals surface area contributed by atoms with Crippen LogP contribution in [0.3, 0.4) is 0 Å². The van der Waals surface area contributed by atoms with Crippen LogP contribution in [0.1, 0.15) is 45.4 Å². The minimum Gasteiger partial charge on any atom is -0.317 e. The Morgan fingerprint density at radius 3 is 2.56 bits per heavy atom. The molecule has 0 spiro atoms. The first kappa shape index (κ1) is 12.4. The maximum atomic E-state index is 3.45. The monoisotopic (exact) mass is 224 g/mol. The lowest BCUT2D eigenvalue weighted by Crippen LogP contribution is -2.43. The second-order valence-corrected chi connectivity index (χ2v) is 6.06. The van der Waals surface area contributed by atoms with Crippen molar-refractivity contribution in [3.63, 3.8) is 0 Å². The standard InChI is InChI=1S/C14H28N2/c1-12-4-3-5-13(10-12)11-16(2)14-6-8-15-9-7-14/h12-15H,3-11H2,1-2H3. The molecular formula is C14H28N2. The summed E-state index contributed by atoms with van der Waals surface area (Å²) in [5.74, 6) is 1.95. The van der Waals surface area contributed by atoms with Gasteiger partial charge in [-0.25, -0.2) is 0 Å². The zero-order valence-electron chi connectivity index (χ0n) is 11.0. The summed E-state index contributed by atoms with van der Waals surface area (Å²) in [6.45, 7) is 6.21. The predicted octanol–water partition coefficient (Wildman–Crippen LogP) is 2.50. The summed E-state index contributed by atoms with van der Waals surface area (Å²) in [7, 11) is 2.34. The molecule has 1 saturated heterocycles. The fraction of sp³-hybridized carbons (Fsp3) is 1.00. The predicted molar refractivity (Wildman–Crippen MR) is 69.6 cm³/mol. The van der Waals surface area contributed by atoms with E-state index in [-0.39, 0.29) is 0 Å². The molecule has 16 heavy (non-hydrogen) atoms. The first-order valence-corrected chi connectivity index (χ1v) is 7.16. The van der Waals surface area contributed by atoms with Crippen LogP contribution >= 0.6 is 0 Å². The summed E-state index contributed by atoms with van der Waals surface area (Å²) in [6, 6.07) is 0.846. The molecule has 2 atom stereocenters. The summed E-state index contributed by atoms with van der Waals surface area (Å²) in [5, 5.41) is 3.45. The maximum absolute atomic E-state index is 3.45. The van der Waals surface area contributed by atoms with Gasteiger partial charge in [0.2, 0.25) is 0 Å². The molecule has 1 aliphatic carbocycles. The van der Waals surface area contributed by atoms with Gasteiger partial charge in [0.15, 0.2) is 0 Å². The average molecular weight is 224 g/mol. The second-order valence-electron chi connectivity index (χ2n) is 6.06. The highest BCUT2D eigenvalue weighted by molar-refractivity contribution is 4.79. The van der Waals surface area contributed by atoms with Crippen LogP contribution in [0.5, 0.6) is 0 Å². The molecule has 1 heterocycles. The van der Waals surface area contributed by atoms with Crippen LogP contribution in [-0.2, 0) is 0 Å². The lowest BCUT2D eigenvalue weighted by atomic mass is 9.82. The van der Waals surface area contributed by atoms with Crippen LogP contribution in [0.2, 0.25) is 0 Å². The molecule has 0 bridgehead atoms. The van der Waals surface area contributed by atoms with E-state index in [9.17, 15) is 0 Å². The molecule has 0 aromatic rings. The Morgan fingerprint density at radius 1 is 1.12 bits per heavy atom. The van der Waals surface area contributed by atoms with Crippen molar-refractivity contribution in [3.8, 4) is 0 Å². The van der Waals surface area contributed by atoms with Gasteiger partial charge in [-0.2, -0.15) is 0 Å². The lowest BCUT2D eigenvalue weighted by Gasteiger charge is -2.36. The smallest absolute Gasteiger partial charge is 0.0116 e. The van der Waals surface area contributed by atoms with Gasteiger partial charge >= 0.3 is 0 Å². The van der Waals surface area contributed by atoms with Crippen LogP contribution in [0.15, 0.2) is 0 Å². The van der Waals surface area contributed by atoms with Crippen molar-refractivity contribution < 1.29 is 0 Å². The van der Waals surface area contributed by atoms with Gasteiger partial charge in [0.1, 0.15) is 0 Å². The highest BCUT2D eigenvalue weighted by atomic mass is 15.1. The SMILES string of the molecule is CC1CCCC(CN(C)C2CCNCC2)C1. The third-order valence-corrected chi connectivity index (χ3v) is 4.52. The maximum Gasteiger partial charge on any atom is 0.0116 e. The summed E-state index contributed by atoms with van der Waals surface area (Å²) in [4.78, 5) is 2.64. The van der Waals surface area contributed by atoms with Gasteiger partial charge in [0, 0.05) is 12.6 Å². The molecule has 0 radical (unpaired) electrons. The van der Waals surface area contributed by atoms with Gasteiger partial charge in [0.05, 0.1) is 0 Å². The number of nitrogens with one attached hydrogen (secondary N) is 1. The van der Waals surface area contributed by atoms with E-state index in [0.29, 0.717) is 0 Å². The lowest BCUT2D eigenvalue weighted by molar-refractivity contribution is 0.143. The zero-order valence-corrected chi connectivity index (χ0v) is 11.0. The van der Waals surface area contributed by atoms with E-state index in [2.05, 4.69) is 24.2 Å². The minimum absolute atomic E-state index is 0.846. The first-order chi connectivity index (χ1) is 7.75. The first-order valence-electron chi connectivity index (χ1n) is 7.16. The molecule has 0 aromatic carbocycles. The van der Waals surface area contributed by atoms with E-state index in [1.165, 1.54) is 58.2 Å². The van der Waals surface area contributed by atoms with E-state index < -0.39 is 0 Å². The summed E-state index contributed by atoms with van der Waals surface area (Å²) < 4.78 is 0. The molecule has 2 aliphatic rings. The van der Waals surface area contributed by atoms with Crippen LogP contribution in [-0.4, -0.2) is 37.6 Å². The molecule has 94 valence electrons.